The van der Waals surface area contributed by atoms with Crippen LogP contribution in [-0.4, -0.2) is 42.6 Å². The molecule has 2 unspecified atom stereocenters. The van der Waals surface area contributed by atoms with Gasteiger partial charge < -0.3 is 33.9 Å². The summed E-state index contributed by atoms with van der Waals surface area (Å²) in [7, 11) is 0. The highest BCUT2D eigenvalue weighted by Crippen LogP contribution is 2.25. The molecule has 2 saturated heterocycles. The molecule has 3 heterocycles. The van der Waals surface area contributed by atoms with Crippen molar-refractivity contribution in [2.24, 2.45) is 0 Å². The molecule has 3 aliphatic heterocycles. The Hall–Kier alpha value is -2.90. The third-order valence-corrected chi connectivity index (χ3v) is 5.27. The molecule has 186 valence electrons. The maximum absolute atomic E-state index is 8.65. The van der Waals surface area contributed by atoms with E-state index >= 15 is 0 Å². The smallest absolute Gasteiger partial charge is 0.199 e. The number of rotatable bonds is 4. The van der Waals surface area contributed by atoms with Crippen molar-refractivity contribution < 1.29 is 33.9 Å². The van der Waals surface area contributed by atoms with Gasteiger partial charge in [0, 0.05) is 25.0 Å². The summed E-state index contributed by atoms with van der Waals surface area (Å²) in [5, 5.41) is 17.3. The van der Waals surface area contributed by atoms with Crippen LogP contribution < -0.4 is 9.47 Å². The van der Waals surface area contributed by atoms with Gasteiger partial charge >= 0.3 is 0 Å². The Morgan fingerprint density at radius 3 is 1.62 bits per heavy atom. The zero-order valence-corrected chi connectivity index (χ0v) is 19.6. The first kappa shape index (κ1) is 25.7. The van der Waals surface area contributed by atoms with Crippen LogP contribution in [0.15, 0.2) is 60.9 Å². The maximum Gasteiger partial charge on any atom is 0.199 e. The van der Waals surface area contributed by atoms with E-state index in [9.17, 15) is 0 Å². The summed E-state index contributed by atoms with van der Waals surface area (Å²) in [6, 6.07) is 13.6. The molecule has 7 heteroatoms. The molecular formula is C27H36O7. The summed E-state index contributed by atoms with van der Waals surface area (Å²) in [4.78, 5) is 0. The molecular weight excluding hydrogens is 436 g/mol. The summed E-state index contributed by atoms with van der Waals surface area (Å²) < 4.78 is 27.7. The van der Waals surface area contributed by atoms with Crippen molar-refractivity contribution in [3.8, 4) is 23.0 Å². The van der Waals surface area contributed by atoms with Gasteiger partial charge in [0.1, 0.15) is 23.0 Å². The van der Waals surface area contributed by atoms with Gasteiger partial charge in [-0.2, -0.15) is 0 Å². The Bertz CT molecular complexity index is 782. The van der Waals surface area contributed by atoms with Crippen molar-refractivity contribution >= 4 is 0 Å². The lowest BCUT2D eigenvalue weighted by molar-refractivity contribution is -0.109. The Kier molecular flexibility index (Phi) is 11.4. The molecule has 2 atom stereocenters. The van der Waals surface area contributed by atoms with Crippen LogP contribution in [0.4, 0.5) is 0 Å². The first-order chi connectivity index (χ1) is 16.7. The SMILES string of the molecule is C1=COCCC1.Oc1cccc(O)c1.c1cc(OC2CCCCO2)cc(OC2CCCCO2)c1. The van der Waals surface area contributed by atoms with E-state index in [1.54, 1.807) is 12.3 Å². The van der Waals surface area contributed by atoms with E-state index in [4.69, 9.17) is 33.9 Å². The maximum atomic E-state index is 8.65. The van der Waals surface area contributed by atoms with Gasteiger partial charge in [0.05, 0.1) is 26.1 Å². The number of allylic oxidation sites excluding steroid dienone is 1. The predicted octanol–water partition coefficient (Wildman–Crippen LogP) is 5.91. The van der Waals surface area contributed by atoms with Gasteiger partial charge in [-0.15, -0.1) is 0 Å². The van der Waals surface area contributed by atoms with E-state index in [-0.39, 0.29) is 24.1 Å². The lowest BCUT2D eigenvalue weighted by atomic mass is 10.2. The monoisotopic (exact) mass is 472 g/mol. The molecule has 0 aromatic heterocycles. The predicted molar refractivity (Wildman–Crippen MR) is 129 cm³/mol. The minimum atomic E-state index is -0.120. The Morgan fingerprint density at radius 1 is 0.676 bits per heavy atom. The first-order valence-electron chi connectivity index (χ1n) is 12.1. The lowest BCUT2D eigenvalue weighted by Crippen LogP contribution is -2.25. The van der Waals surface area contributed by atoms with Crippen LogP contribution in [0, 0.1) is 0 Å². The molecule has 2 aromatic rings. The van der Waals surface area contributed by atoms with Crippen molar-refractivity contribution in [3.63, 3.8) is 0 Å². The number of benzene rings is 2. The van der Waals surface area contributed by atoms with Gasteiger partial charge in [-0.05, 0) is 68.9 Å². The summed E-state index contributed by atoms with van der Waals surface area (Å²) in [6.07, 6.45) is 12.4. The number of ether oxygens (including phenoxy) is 5. The summed E-state index contributed by atoms with van der Waals surface area (Å²) in [6.45, 7) is 2.49. The molecule has 7 nitrogen and oxygen atoms in total. The van der Waals surface area contributed by atoms with E-state index in [0.29, 0.717) is 0 Å². The standard InChI is InChI=1S/C16H22O4.C6H6O2.C5H8O/c1-3-10-17-15(8-1)19-13-6-5-7-14(12-13)20-16-9-2-4-11-18-16;7-5-2-1-3-6(8)4-5;1-2-4-6-5-3-1/h5-7,12,15-16H,1-4,8-11H2;1-4,7-8H;2,4H,1,3,5H2. The highest BCUT2D eigenvalue weighted by molar-refractivity contribution is 5.33. The minimum Gasteiger partial charge on any atom is -0.508 e. The number of hydrogen-bond donors (Lipinski definition) is 2. The lowest BCUT2D eigenvalue weighted by Gasteiger charge is -2.25. The van der Waals surface area contributed by atoms with Crippen LogP contribution in [0.1, 0.15) is 51.4 Å². The molecule has 0 spiro atoms. The molecule has 0 saturated carbocycles. The fraction of sp³-hybridized carbons (Fsp3) is 0.481. The average molecular weight is 473 g/mol. The molecule has 0 amide bonds. The molecule has 34 heavy (non-hydrogen) atoms. The number of phenols is 2. The second kappa shape index (κ2) is 15.1. The zero-order valence-electron chi connectivity index (χ0n) is 19.6. The van der Waals surface area contributed by atoms with E-state index in [0.717, 1.165) is 69.8 Å². The van der Waals surface area contributed by atoms with Crippen molar-refractivity contribution in [2.45, 2.75) is 63.9 Å². The number of aromatic hydroxyl groups is 2. The van der Waals surface area contributed by atoms with Crippen molar-refractivity contribution in [3.05, 3.63) is 60.9 Å². The normalized spacial score (nSPS) is 21.5. The van der Waals surface area contributed by atoms with Crippen LogP contribution in [0.5, 0.6) is 23.0 Å². The Balaban J connectivity index is 0.000000188. The largest absolute Gasteiger partial charge is 0.508 e. The van der Waals surface area contributed by atoms with Gasteiger partial charge in [-0.3, -0.25) is 0 Å². The fourth-order valence-corrected chi connectivity index (χ4v) is 3.51. The minimum absolute atomic E-state index is 0.0880. The first-order valence-corrected chi connectivity index (χ1v) is 12.1. The van der Waals surface area contributed by atoms with Crippen molar-refractivity contribution in [1.82, 2.24) is 0 Å². The molecule has 5 rings (SSSR count). The molecule has 2 aromatic carbocycles. The molecule has 2 N–H and O–H groups in total. The number of hydrogen-bond acceptors (Lipinski definition) is 7. The Morgan fingerprint density at radius 2 is 1.26 bits per heavy atom. The second-order valence-corrected chi connectivity index (χ2v) is 8.21. The summed E-state index contributed by atoms with van der Waals surface area (Å²) in [5.74, 6) is 1.77. The van der Waals surface area contributed by atoms with Crippen LogP contribution in [0.3, 0.4) is 0 Å². The van der Waals surface area contributed by atoms with E-state index in [1.807, 2.05) is 30.3 Å². The summed E-state index contributed by atoms with van der Waals surface area (Å²) in [5.41, 5.74) is 0. The zero-order chi connectivity index (χ0) is 23.8. The van der Waals surface area contributed by atoms with Crippen LogP contribution in [0.25, 0.3) is 0 Å². The molecule has 0 aliphatic carbocycles. The summed E-state index contributed by atoms with van der Waals surface area (Å²) >= 11 is 0. The quantitative estimate of drug-likeness (QED) is 0.572. The van der Waals surface area contributed by atoms with E-state index < -0.39 is 0 Å². The number of phenolic OH excluding ortho intramolecular Hbond substituents is 2. The molecule has 0 radical (unpaired) electrons. The average Bonchev–Trinajstić information content (AvgIpc) is 2.87. The van der Waals surface area contributed by atoms with Gasteiger partial charge in [-0.1, -0.05) is 12.1 Å². The van der Waals surface area contributed by atoms with E-state index in [2.05, 4.69) is 0 Å². The molecule has 3 aliphatic rings. The van der Waals surface area contributed by atoms with Crippen molar-refractivity contribution in [1.29, 1.82) is 0 Å². The van der Waals surface area contributed by atoms with Gasteiger partial charge in [0.15, 0.2) is 12.6 Å². The third-order valence-electron chi connectivity index (χ3n) is 5.27. The Labute approximate surface area is 201 Å². The van der Waals surface area contributed by atoms with Crippen molar-refractivity contribution in [2.75, 3.05) is 19.8 Å². The highest BCUT2D eigenvalue weighted by atomic mass is 16.7. The van der Waals surface area contributed by atoms with Gasteiger partial charge in [-0.25, -0.2) is 0 Å². The fourth-order valence-electron chi connectivity index (χ4n) is 3.51. The second-order valence-electron chi connectivity index (χ2n) is 8.21. The van der Waals surface area contributed by atoms with Crippen LogP contribution >= 0.6 is 0 Å². The topological polar surface area (TPSA) is 86.6 Å². The molecule has 0 bridgehead atoms. The molecule has 2 fully saturated rings. The van der Waals surface area contributed by atoms with Gasteiger partial charge in [0.2, 0.25) is 0 Å². The third kappa shape index (κ3) is 10.4. The van der Waals surface area contributed by atoms with Gasteiger partial charge in [0.25, 0.3) is 0 Å². The van der Waals surface area contributed by atoms with E-state index in [1.165, 1.54) is 31.0 Å². The highest BCUT2D eigenvalue weighted by Gasteiger charge is 2.17. The van der Waals surface area contributed by atoms with Crippen LogP contribution in [0.2, 0.25) is 0 Å². The van der Waals surface area contributed by atoms with Crippen LogP contribution in [-0.2, 0) is 14.2 Å².